The van der Waals surface area contributed by atoms with Crippen LogP contribution in [0.15, 0.2) is 29.2 Å². The molecule has 6 heteroatoms. The molecule has 0 aromatic heterocycles. The Balaban J connectivity index is 3.09. The summed E-state index contributed by atoms with van der Waals surface area (Å²) in [4.78, 5) is 10.9. The Kier molecular flexibility index (Phi) is 4.01. The van der Waals surface area contributed by atoms with Gasteiger partial charge in [-0.05, 0) is 26.0 Å². The van der Waals surface area contributed by atoms with Gasteiger partial charge in [0.2, 0.25) is 0 Å². The van der Waals surface area contributed by atoms with Crippen LogP contribution in [0.1, 0.15) is 20.3 Å². The van der Waals surface area contributed by atoms with E-state index in [1.165, 1.54) is 6.07 Å². The lowest BCUT2D eigenvalue weighted by molar-refractivity contribution is -0.137. The Morgan fingerprint density at radius 1 is 1.33 bits per heavy atom. The first-order valence-electron chi connectivity index (χ1n) is 5.41. The van der Waals surface area contributed by atoms with E-state index < -0.39 is 21.3 Å². The number of sulfone groups is 1. The minimum atomic E-state index is -3.34. The van der Waals surface area contributed by atoms with Gasteiger partial charge in [-0.2, -0.15) is 0 Å². The van der Waals surface area contributed by atoms with Crippen molar-refractivity contribution in [3.8, 4) is 0 Å². The zero-order valence-corrected chi connectivity index (χ0v) is 11.4. The molecule has 0 saturated carbocycles. The van der Waals surface area contributed by atoms with Gasteiger partial charge in [-0.25, -0.2) is 8.42 Å². The summed E-state index contributed by atoms with van der Waals surface area (Å²) >= 11 is 0. The van der Waals surface area contributed by atoms with Crippen molar-refractivity contribution < 1.29 is 18.3 Å². The number of para-hydroxylation sites is 1. The molecule has 1 aromatic rings. The van der Waals surface area contributed by atoms with Crippen molar-refractivity contribution in [3.05, 3.63) is 24.3 Å². The summed E-state index contributed by atoms with van der Waals surface area (Å²) < 4.78 is 23.2. The molecule has 0 unspecified atom stereocenters. The smallest absolute Gasteiger partial charge is 0.305 e. The summed E-state index contributed by atoms with van der Waals surface area (Å²) in [5, 5.41) is 11.8. The van der Waals surface area contributed by atoms with Crippen LogP contribution in [0, 0.1) is 0 Å². The number of carboxylic acids is 1. The Hall–Kier alpha value is -1.56. The van der Waals surface area contributed by atoms with E-state index in [0.717, 1.165) is 6.26 Å². The quantitative estimate of drug-likeness (QED) is 0.852. The van der Waals surface area contributed by atoms with Gasteiger partial charge >= 0.3 is 5.97 Å². The lowest BCUT2D eigenvalue weighted by atomic mass is 10.0. The maximum Gasteiger partial charge on any atom is 0.305 e. The van der Waals surface area contributed by atoms with Crippen molar-refractivity contribution in [3.63, 3.8) is 0 Å². The number of anilines is 1. The zero-order valence-electron chi connectivity index (χ0n) is 10.6. The van der Waals surface area contributed by atoms with Gasteiger partial charge in [0.15, 0.2) is 9.84 Å². The summed E-state index contributed by atoms with van der Waals surface area (Å²) in [6.45, 7) is 3.42. The second-order valence-corrected chi connectivity index (χ2v) is 6.83. The fraction of sp³-hybridized carbons (Fsp3) is 0.417. The Labute approximate surface area is 107 Å². The number of hydrogen-bond donors (Lipinski definition) is 2. The zero-order chi connectivity index (χ0) is 14.0. The number of hydrogen-bond acceptors (Lipinski definition) is 4. The first-order valence-corrected chi connectivity index (χ1v) is 7.30. The molecule has 0 aliphatic heterocycles. The summed E-state index contributed by atoms with van der Waals surface area (Å²) in [7, 11) is -3.34. The van der Waals surface area contributed by atoms with Crippen molar-refractivity contribution in [2.75, 3.05) is 11.6 Å². The SMILES string of the molecule is CC(C)(CC(=O)O)Nc1ccccc1S(C)(=O)=O. The van der Waals surface area contributed by atoms with Crippen LogP contribution in [0.2, 0.25) is 0 Å². The van der Waals surface area contributed by atoms with E-state index in [2.05, 4.69) is 5.32 Å². The van der Waals surface area contributed by atoms with Crippen molar-refractivity contribution >= 4 is 21.5 Å². The standard InChI is InChI=1S/C12H17NO4S/c1-12(2,8-11(14)15)13-9-6-4-5-7-10(9)18(3,16)17/h4-7,13H,8H2,1-3H3,(H,14,15). The molecule has 1 rings (SSSR count). The average Bonchev–Trinajstić information content (AvgIpc) is 2.13. The number of carbonyl (C=O) groups is 1. The molecular weight excluding hydrogens is 254 g/mol. The lowest BCUT2D eigenvalue weighted by Gasteiger charge is -2.26. The first kappa shape index (κ1) is 14.5. The Morgan fingerprint density at radius 3 is 2.39 bits per heavy atom. The van der Waals surface area contributed by atoms with E-state index in [1.54, 1.807) is 32.0 Å². The monoisotopic (exact) mass is 271 g/mol. The maximum atomic E-state index is 11.6. The number of nitrogens with one attached hydrogen (secondary N) is 1. The van der Waals surface area contributed by atoms with Crippen LogP contribution in [-0.4, -0.2) is 31.3 Å². The molecular formula is C12H17NO4S. The molecule has 0 aliphatic rings. The fourth-order valence-corrected chi connectivity index (χ4v) is 2.52. The van der Waals surface area contributed by atoms with Crippen LogP contribution < -0.4 is 5.32 Å². The highest BCUT2D eigenvalue weighted by Gasteiger charge is 2.24. The van der Waals surface area contributed by atoms with E-state index >= 15 is 0 Å². The predicted octanol–water partition coefficient (Wildman–Crippen LogP) is 1.76. The van der Waals surface area contributed by atoms with Crippen molar-refractivity contribution in [2.24, 2.45) is 0 Å². The second kappa shape index (κ2) is 4.97. The Morgan fingerprint density at radius 2 is 1.89 bits per heavy atom. The van der Waals surface area contributed by atoms with Gasteiger partial charge in [-0.1, -0.05) is 12.1 Å². The minimum Gasteiger partial charge on any atom is -0.481 e. The number of carboxylic acid groups (broad SMARTS) is 1. The van der Waals surface area contributed by atoms with Crippen LogP contribution >= 0.6 is 0 Å². The van der Waals surface area contributed by atoms with Crippen LogP contribution in [-0.2, 0) is 14.6 Å². The van der Waals surface area contributed by atoms with Crippen molar-refractivity contribution in [1.29, 1.82) is 0 Å². The minimum absolute atomic E-state index is 0.106. The highest BCUT2D eigenvalue weighted by Crippen LogP contribution is 2.25. The summed E-state index contributed by atoms with van der Waals surface area (Å²) in [5.41, 5.74) is -0.307. The van der Waals surface area contributed by atoms with Crippen LogP contribution in [0.5, 0.6) is 0 Å². The molecule has 0 amide bonds. The van der Waals surface area contributed by atoms with E-state index in [4.69, 9.17) is 5.11 Å². The summed E-state index contributed by atoms with van der Waals surface area (Å²) in [6, 6.07) is 6.45. The molecule has 0 spiro atoms. The molecule has 0 heterocycles. The number of aliphatic carboxylic acids is 1. The van der Waals surface area contributed by atoms with Gasteiger partial charge in [-0.3, -0.25) is 4.79 Å². The molecule has 0 bridgehead atoms. The molecule has 0 radical (unpaired) electrons. The third-order valence-electron chi connectivity index (χ3n) is 2.35. The van der Waals surface area contributed by atoms with Crippen molar-refractivity contribution in [2.45, 2.75) is 30.7 Å². The molecule has 0 aliphatic carbocycles. The van der Waals surface area contributed by atoms with Gasteiger partial charge in [0.05, 0.1) is 17.0 Å². The van der Waals surface area contributed by atoms with Crippen LogP contribution in [0.25, 0.3) is 0 Å². The molecule has 100 valence electrons. The van der Waals surface area contributed by atoms with Gasteiger partial charge in [0, 0.05) is 11.8 Å². The summed E-state index contributed by atoms with van der Waals surface area (Å²) in [5.74, 6) is -0.940. The molecule has 18 heavy (non-hydrogen) atoms. The molecule has 0 saturated heterocycles. The molecule has 2 N–H and O–H groups in total. The normalized spacial score (nSPS) is 12.2. The molecule has 0 fully saturated rings. The first-order chi connectivity index (χ1) is 8.12. The summed E-state index contributed by atoms with van der Waals surface area (Å²) in [6.07, 6.45) is 1.02. The highest BCUT2D eigenvalue weighted by molar-refractivity contribution is 7.90. The highest BCUT2D eigenvalue weighted by atomic mass is 32.2. The largest absolute Gasteiger partial charge is 0.481 e. The van der Waals surface area contributed by atoms with Crippen molar-refractivity contribution in [1.82, 2.24) is 0 Å². The van der Waals surface area contributed by atoms with E-state index in [0.29, 0.717) is 5.69 Å². The fourth-order valence-electron chi connectivity index (χ4n) is 1.68. The average molecular weight is 271 g/mol. The topological polar surface area (TPSA) is 83.5 Å². The van der Waals surface area contributed by atoms with E-state index in [9.17, 15) is 13.2 Å². The van der Waals surface area contributed by atoms with Gasteiger partial charge in [0.25, 0.3) is 0 Å². The number of benzene rings is 1. The van der Waals surface area contributed by atoms with Crippen LogP contribution in [0.4, 0.5) is 5.69 Å². The van der Waals surface area contributed by atoms with E-state index in [-0.39, 0.29) is 11.3 Å². The van der Waals surface area contributed by atoms with Gasteiger partial charge < -0.3 is 10.4 Å². The predicted molar refractivity (Wildman–Crippen MR) is 69.5 cm³/mol. The Bertz CT molecular complexity index is 549. The molecule has 1 aromatic carbocycles. The van der Waals surface area contributed by atoms with E-state index in [1.807, 2.05) is 0 Å². The third kappa shape index (κ3) is 4.03. The molecule has 0 atom stereocenters. The second-order valence-electron chi connectivity index (χ2n) is 4.85. The lowest BCUT2D eigenvalue weighted by Crippen LogP contribution is -2.34. The maximum absolute atomic E-state index is 11.6. The molecule has 5 nitrogen and oxygen atoms in total. The van der Waals surface area contributed by atoms with Crippen LogP contribution in [0.3, 0.4) is 0 Å². The van der Waals surface area contributed by atoms with Gasteiger partial charge in [0.1, 0.15) is 0 Å². The number of rotatable bonds is 5. The third-order valence-corrected chi connectivity index (χ3v) is 3.51. The van der Waals surface area contributed by atoms with Gasteiger partial charge in [-0.15, -0.1) is 0 Å².